The molecular weight excluding hydrogens is 905 g/mol. The van der Waals surface area contributed by atoms with Gasteiger partial charge in [0.05, 0.1) is 52.9 Å². The molecule has 0 atom stereocenters. The van der Waals surface area contributed by atoms with E-state index in [4.69, 9.17) is 0 Å². The maximum Gasteiger partial charge on any atom is 0.0786 e. The quantitative estimate of drug-likeness (QED) is 0.0421. The molecule has 0 aromatic rings. The summed E-state index contributed by atoms with van der Waals surface area (Å²) in [4.78, 5) is 0. The van der Waals surface area contributed by atoms with Crippen LogP contribution in [0.2, 0.25) is 0 Å². The van der Waals surface area contributed by atoms with E-state index < -0.39 is 0 Å². The Morgan fingerprint density at radius 1 is 0.133 bits per heavy atom. The molecule has 2 nitrogen and oxygen atoms in total. The molecule has 0 amide bonds. The fraction of sp³-hybridized carbons (Fsp3) is 1.00. The fourth-order valence-corrected chi connectivity index (χ4v) is 12.6. The Morgan fingerprint density at radius 2 is 0.240 bits per heavy atom. The number of hydrogen-bond donors (Lipinski definition) is 0. The summed E-state index contributed by atoms with van der Waals surface area (Å²) in [5.74, 6) is 0. The zero-order valence-corrected chi connectivity index (χ0v) is 54.9. The van der Waals surface area contributed by atoms with Gasteiger partial charge in [-0.1, -0.05) is 331 Å². The van der Waals surface area contributed by atoms with Crippen molar-refractivity contribution in [3.05, 3.63) is 0 Å². The Hall–Kier alpha value is -0.0800. The molecule has 0 spiro atoms. The van der Waals surface area contributed by atoms with E-state index in [1.807, 2.05) is 0 Å². The molecule has 0 saturated carbocycles. The molecule has 0 saturated heterocycles. The van der Waals surface area contributed by atoms with Gasteiger partial charge < -0.3 is 8.97 Å². The van der Waals surface area contributed by atoms with Gasteiger partial charge in [-0.15, -0.1) is 0 Å². The summed E-state index contributed by atoms with van der Waals surface area (Å²) in [5, 5.41) is 0. The van der Waals surface area contributed by atoms with Crippen LogP contribution in [0.25, 0.3) is 0 Å². The second-order valence-electron chi connectivity index (χ2n) is 26.1. The minimum atomic E-state index is 1.36. The van der Waals surface area contributed by atoms with E-state index in [0.29, 0.717) is 0 Å². The second-order valence-corrected chi connectivity index (χ2v) is 26.1. The van der Waals surface area contributed by atoms with E-state index in [9.17, 15) is 0 Å². The minimum Gasteiger partial charge on any atom is -0.326 e. The molecule has 75 heavy (non-hydrogen) atoms. The van der Waals surface area contributed by atoms with E-state index in [0.717, 1.165) is 0 Å². The third-order valence-corrected chi connectivity index (χ3v) is 18.1. The van der Waals surface area contributed by atoms with Crippen LogP contribution in [0.5, 0.6) is 0 Å². The van der Waals surface area contributed by atoms with E-state index >= 15 is 0 Å². The highest BCUT2D eigenvalue weighted by Gasteiger charge is 2.26. The van der Waals surface area contributed by atoms with Crippen molar-refractivity contribution in [1.29, 1.82) is 0 Å². The summed E-state index contributed by atoms with van der Waals surface area (Å²) >= 11 is 0. The zero-order chi connectivity index (χ0) is 55.0. The first-order valence-electron chi connectivity index (χ1n) is 36.6. The summed E-state index contributed by atoms with van der Waals surface area (Å²) in [5.41, 5.74) is 0. The van der Waals surface area contributed by atoms with Gasteiger partial charge in [-0.05, 0) is 89.9 Å². The largest absolute Gasteiger partial charge is 0.326 e. The molecule has 0 rings (SSSR count). The smallest absolute Gasteiger partial charge is 0.0786 e. The Bertz CT molecular complexity index is 832. The third-order valence-electron chi connectivity index (χ3n) is 18.1. The maximum absolute atomic E-state index is 2.56. The molecule has 0 aromatic heterocycles. The fourth-order valence-electron chi connectivity index (χ4n) is 12.6. The van der Waals surface area contributed by atoms with Gasteiger partial charge in [0.2, 0.25) is 0 Å². The number of nitrogens with zero attached hydrogens (tertiary/aromatic N) is 2. The first-order chi connectivity index (χ1) is 36.9. The average molecular weight is 1060 g/mol. The molecule has 2 heteroatoms. The molecule has 0 aliphatic rings. The van der Waals surface area contributed by atoms with Gasteiger partial charge in [0.15, 0.2) is 0 Å². The highest BCUT2D eigenvalue weighted by atomic mass is 15.3. The van der Waals surface area contributed by atoms with Gasteiger partial charge >= 0.3 is 0 Å². The lowest BCUT2D eigenvalue weighted by molar-refractivity contribution is -0.929. The molecule has 0 bridgehead atoms. The van der Waals surface area contributed by atoms with Crippen molar-refractivity contribution in [1.82, 2.24) is 0 Å². The van der Waals surface area contributed by atoms with Crippen molar-refractivity contribution < 1.29 is 8.97 Å². The number of hydrogen-bond acceptors (Lipinski definition) is 0. The summed E-state index contributed by atoms with van der Waals surface area (Å²) in [6.07, 6.45) is 84.6. The highest BCUT2D eigenvalue weighted by Crippen LogP contribution is 2.23. The molecule has 454 valence electrons. The van der Waals surface area contributed by atoms with E-state index in [-0.39, 0.29) is 0 Å². The lowest BCUT2D eigenvalue weighted by Crippen LogP contribution is -2.50. The molecule has 0 aliphatic heterocycles. The number of quaternary nitrogens is 2. The molecule has 0 aliphatic carbocycles. The van der Waals surface area contributed by atoms with Crippen molar-refractivity contribution in [2.75, 3.05) is 52.9 Å². The van der Waals surface area contributed by atoms with Crippen molar-refractivity contribution in [2.24, 2.45) is 0 Å². The Balaban J connectivity index is 0. The van der Waals surface area contributed by atoms with Crippen molar-refractivity contribution in [2.45, 2.75) is 421 Å². The summed E-state index contributed by atoms with van der Waals surface area (Å²) in [6, 6.07) is 0. The van der Waals surface area contributed by atoms with Crippen LogP contribution in [0.1, 0.15) is 421 Å². The van der Waals surface area contributed by atoms with Crippen molar-refractivity contribution in [3.8, 4) is 0 Å². The molecule has 0 fully saturated rings. The van der Waals surface area contributed by atoms with Crippen LogP contribution in [-0.2, 0) is 0 Å². The van der Waals surface area contributed by atoms with Crippen LogP contribution in [0, 0.1) is 0 Å². The van der Waals surface area contributed by atoms with Gasteiger partial charge in [-0.2, -0.15) is 0 Å². The molecule has 0 radical (unpaired) electrons. The van der Waals surface area contributed by atoms with Gasteiger partial charge in [0.25, 0.3) is 0 Å². The molecule has 0 aromatic carbocycles. The van der Waals surface area contributed by atoms with E-state index in [1.165, 1.54) is 427 Å². The monoisotopic (exact) mass is 1060 g/mol. The summed E-state index contributed by atoms with van der Waals surface area (Å²) in [7, 11) is 2.56. The standard InChI is InChI=1S/C48H100N.C25H54N/c1-5-9-13-17-21-25-29-33-37-41-45-49(46-42-38-34-30-26-22-18-14-10-6-2,47-43-39-35-31-27-23-19-15-11-7-3)48-44-40-36-32-28-24-20-16-12-8-4;1-5-8-11-14-17-20-23-26(4,24-21-18-15-12-9-6-2)25-22-19-16-13-10-7-3/h5-48H2,1-4H3;5-25H2,1-4H3/q2*+1. The molecule has 0 N–H and O–H groups in total. The normalized spacial score (nSPS) is 12.0. The molecule has 0 heterocycles. The lowest BCUT2D eigenvalue weighted by Gasteiger charge is -2.40. The van der Waals surface area contributed by atoms with Gasteiger partial charge in [0, 0.05) is 0 Å². The van der Waals surface area contributed by atoms with E-state index in [1.54, 1.807) is 0 Å². The minimum absolute atomic E-state index is 1.36. The summed E-state index contributed by atoms with van der Waals surface area (Å²) in [6.45, 7) is 26.5. The van der Waals surface area contributed by atoms with Crippen LogP contribution >= 0.6 is 0 Å². The van der Waals surface area contributed by atoms with Crippen LogP contribution < -0.4 is 0 Å². The van der Waals surface area contributed by atoms with Crippen LogP contribution in [0.4, 0.5) is 0 Å². The Morgan fingerprint density at radius 3 is 0.373 bits per heavy atom. The predicted octanol–water partition coefficient (Wildman–Crippen LogP) is 26.0. The second kappa shape index (κ2) is 66.4. The average Bonchev–Trinajstić information content (AvgIpc) is 3.41. The first kappa shape index (κ1) is 77.0. The van der Waals surface area contributed by atoms with Crippen LogP contribution in [-0.4, -0.2) is 61.8 Å². The molecule has 0 unspecified atom stereocenters. The van der Waals surface area contributed by atoms with Crippen molar-refractivity contribution in [3.63, 3.8) is 0 Å². The first-order valence-corrected chi connectivity index (χ1v) is 36.6. The number of unbranched alkanes of at least 4 members (excludes halogenated alkanes) is 51. The summed E-state index contributed by atoms with van der Waals surface area (Å²) < 4.78 is 2.84. The zero-order valence-electron chi connectivity index (χ0n) is 54.9. The lowest BCUT2D eigenvalue weighted by atomic mass is 10.0. The predicted molar refractivity (Wildman–Crippen MR) is 348 cm³/mol. The third kappa shape index (κ3) is 61.4. The van der Waals surface area contributed by atoms with Gasteiger partial charge in [-0.3, -0.25) is 0 Å². The van der Waals surface area contributed by atoms with Gasteiger partial charge in [0.1, 0.15) is 0 Å². The van der Waals surface area contributed by atoms with E-state index in [2.05, 4.69) is 55.5 Å². The SMILES string of the molecule is CCCCCCCCCCCC[N+](CCCCCCCCCCCC)(CCCCCCCCCCCC)CCCCCCCCCCCC.CCCCCCCC[N+](C)(CCCCCCCC)CCCCCCCC. The van der Waals surface area contributed by atoms with Gasteiger partial charge in [-0.25, -0.2) is 0 Å². The van der Waals surface area contributed by atoms with Crippen molar-refractivity contribution >= 4 is 0 Å². The number of rotatable bonds is 65. The Kier molecular flexibility index (Phi) is 68.2. The molecular formula is C73H154N2+2. The Labute approximate surface area is 480 Å². The van der Waals surface area contributed by atoms with Crippen LogP contribution in [0.3, 0.4) is 0 Å². The maximum atomic E-state index is 2.56. The highest BCUT2D eigenvalue weighted by molar-refractivity contribution is 4.58. The van der Waals surface area contributed by atoms with Crippen LogP contribution in [0.15, 0.2) is 0 Å². The topological polar surface area (TPSA) is 0 Å².